The van der Waals surface area contributed by atoms with Gasteiger partial charge in [-0.05, 0) is 69.0 Å². The first kappa shape index (κ1) is 13.9. The van der Waals surface area contributed by atoms with E-state index < -0.39 is 0 Å². The molecule has 0 spiro atoms. The molecule has 0 saturated carbocycles. The predicted molar refractivity (Wildman–Crippen MR) is 75.4 cm³/mol. The summed E-state index contributed by atoms with van der Waals surface area (Å²) in [5, 5.41) is 15.8. The lowest BCUT2D eigenvalue weighted by molar-refractivity contribution is 0.0950. The van der Waals surface area contributed by atoms with E-state index >= 15 is 0 Å². The van der Waals surface area contributed by atoms with Gasteiger partial charge in [-0.15, -0.1) is 0 Å². The number of phenolic OH excluding ortho intramolecular Hbond substituents is 1. The normalized spacial score (nSPS) is 19.1. The molecule has 19 heavy (non-hydrogen) atoms. The Bertz CT molecular complexity index is 440. The molecule has 0 aliphatic carbocycles. The monoisotopic (exact) mass is 262 g/mol. The van der Waals surface area contributed by atoms with E-state index in [1.54, 1.807) is 25.1 Å². The Morgan fingerprint density at radius 1 is 1.53 bits per heavy atom. The Hall–Kier alpha value is -1.55. The van der Waals surface area contributed by atoms with Crippen LogP contribution in [-0.4, -0.2) is 30.6 Å². The summed E-state index contributed by atoms with van der Waals surface area (Å²) in [5.74, 6) is 0.840. The van der Waals surface area contributed by atoms with Gasteiger partial charge in [0.15, 0.2) is 0 Å². The highest BCUT2D eigenvalue weighted by Gasteiger charge is 2.13. The Labute approximate surface area is 114 Å². The molecule has 0 radical (unpaired) electrons. The van der Waals surface area contributed by atoms with Gasteiger partial charge in [-0.25, -0.2) is 0 Å². The standard InChI is InChI=1S/C15H22N2O2/c1-11-9-13(4-5-14(11)18)15(19)17-8-6-12-3-2-7-16-10-12/h4-5,9,12,16,18H,2-3,6-8,10H2,1H3,(H,17,19). The van der Waals surface area contributed by atoms with Gasteiger partial charge >= 0.3 is 0 Å². The number of rotatable bonds is 4. The summed E-state index contributed by atoms with van der Waals surface area (Å²) in [6, 6.07) is 4.93. The van der Waals surface area contributed by atoms with Gasteiger partial charge in [-0.2, -0.15) is 0 Å². The number of piperidine rings is 1. The van der Waals surface area contributed by atoms with Crippen molar-refractivity contribution in [2.75, 3.05) is 19.6 Å². The van der Waals surface area contributed by atoms with Crippen molar-refractivity contribution >= 4 is 5.91 Å². The van der Waals surface area contributed by atoms with E-state index in [0.717, 1.165) is 25.1 Å². The number of aromatic hydroxyl groups is 1. The molecule has 4 heteroatoms. The van der Waals surface area contributed by atoms with Crippen LogP contribution in [0.2, 0.25) is 0 Å². The van der Waals surface area contributed by atoms with Crippen molar-refractivity contribution in [3.8, 4) is 5.75 Å². The Morgan fingerprint density at radius 2 is 2.37 bits per heavy atom. The minimum Gasteiger partial charge on any atom is -0.508 e. The van der Waals surface area contributed by atoms with Gasteiger partial charge in [0.25, 0.3) is 5.91 Å². The predicted octanol–water partition coefficient (Wildman–Crippen LogP) is 1.82. The van der Waals surface area contributed by atoms with E-state index in [1.165, 1.54) is 12.8 Å². The number of phenols is 1. The zero-order chi connectivity index (χ0) is 13.7. The minimum absolute atomic E-state index is 0.0631. The third-order valence-electron chi connectivity index (χ3n) is 3.70. The van der Waals surface area contributed by atoms with Crippen LogP contribution in [0.3, 0.4) is 0 Å². The smallest absolute Gasteiger partial charge is 0.251 e. The van der Waals surface area contributed by atoms with Gasteiger partial charge < -0.3 is 15.7 Å². The number of carbonyl (C=O) groups excluding carboxylic acids is 1. The van der Waals surface area contributed by atoms with Crippen molar-refractivity contribution in [1.29, 1.82) is 0 Å². The average molecular weight is 262 g/mol. The minimum atomic E-state index is -0.0631. The van der Waals surface area contributed by atoms with E-state index in [2.05, 4.69) is 10.6 Å². The molecule has 1 atom stereocenters. The van der Waals surface area contributed by atoms with Gasteiger partial charge in [0.1, 0.15) is 5.75 Å². The lowest BCUT2D eigenvalue weighted by Gasteiger charge is -2.22. The van der Waals surface area contributed by atoms with Crippen LogP contribution >= 0.6 is 0 Å². The fraction of sp³-hybridized carbons (Fsp3) is 0.533. The lowest BCUT2D eigenvalue weighted by Crippen LogP contribution is -2.33. The molecule has 104 valence electrons. The van der Waals surface area contributed by atoms with Crippen molar-refractivity contribution < 1.29 is 9.90 Å². The average Bonchev–Trinajstić information content (AvgIpc) is 2.43. The Morgan fingerprint density at radius 3 is 3.05 bits per heavy atom. The van der Waals surface area contributed by atoms with E-state index in [4.69, 9.17) is 0 Å². The molecule has 1 unspecified atom stereocenters. The van der Waals surface area contributed by atoms with Crippen molar-refractivity contribution in [3.63, 3.8) is 0 Å². The van der Waals surface area contributed by atoms with Crippen LogP contribution < -0.4 is 10.6 Å². The van der Waals surface area contributed by atoms with Gasteiger partial charge in [0.05, 0.1) is 0 Å². The van der Waals surface area contributed by atoms with E-state index in [-0.39, 0.29) is 11.7 Å². The second-order valence-electron chi connectivity index (χ2n) is 5.26. The number of hydrogen-bond donors (Lipinski definition) is 3. The van der Waals surface area contributed by atoms with Crippen molar-refractivity contribution in [1.82, 2.24) is 10.6 Å². The van der Waals surface area contributed by atoms with Crippen LogP contribution in [-0.2, 0) is 0 Å². The molecule has 3 N–H and O–H groups in total. The number of aryl methyl sites for hydroxylation is 1. The first-order valence-corrected chi connectivity index (χ1v) is 6.95. The second kappa shape index (κ2) is 6.57. The van der Waals surface area contributed by atoms with Gasteiger partial charge in [0, 0.05) is 12.1 Å². The summed E-state index contributed by atoms with van der Waals surface area (Å²) in [4.78, 5) is 11.9. The summed E-state index contributed by atoms with van der Waals surface area (Å²) < 4.78 is 0. The molecule has 1 fully saturated rings. The number of carbonyl (C=O) groups is 1. The molecule has 1 saturated heterocycles. The van der Waals surface area contributed by atoms with E-state index in [1.807, 2.05) is 0 Å². The second-order valence-corrected chi connectivity index (χ2v) is 5.26. The topological polar surface area (TPSA) is 61.4 Å². The third-order valence-corrected chi connectivity index (χ3v) is 3.70. The van der Waals surface area contributed by atoms with Gasteiger partial charge in [0.2, 0.25) is 0 Å². The maximum Gasteiger partial charge on any atom is 0.251 e. The largest absolute Gasteiger partial charge is 0.508 e. The molecule has 2 rings (SSSR count). The maximum absolute atomic E-state index is 11.9. The first-order chi connectivity index (χ1) is 9.16. The number of benzene rings is 1. The highest BCUT2D eigenvalue weighted by molar-refractivity contribution is 5.94. The fourth-order valence-electron chi connectivity index (χ4n) is 2.46. The first-order valence-electron chi connectivity index (χ1n) is 6.95. The fourth-order valence-corrected chi connectivity index (χ4v) is 2.46. The SMILES string of the molecule is Cc1cc(C(=O)NCCC2CCCNC2)ccc1O. The molecule has 4 nitrogen and oxygen atoms in total. The van der Waals surface area contributed by atoms with Crippen LogP contribution in [0.15, 0.2) is 18.2 Å². The van der Waals surface area contributed by atoms with E-state index in [0.29, 0.717) is 18.0 Å². The summed E-state index contributed by atoms with van der Waals surface area (Å²) in [6.07, 6.45) is 3.51. The highest BCUT2D eigenvalue weighted by atomic mass is 16.3. The lowest BCUT2D eigenvalue weighted by atomic mass is 9.96. The molecule has 0 aromatic heterocycles. The summed E-state index contributed by atoms with van der Waals surface area (Å²) in [5.41, 5.74) is 1.33. The van der Waals surface area contributed by atoms with Crippen LogP contribution in [0.1, 0.15) is 35.2 Å². The highest BCUT2D eigenvalue weighted by Crippen LogP contribution is 2.17. The van der Waals surface area contributed by atoms with Gasteiger partial charge in [-0.3, -0.25) is 4.79 Å². The molecule has 0 bridgehead atoms. The summed E-state index contributed by atoms with van der Waals surface area (Å²) >= 11 is 0. The number of hydrogen-bond acceptors (Lipinski definition) is 3. The van der Waals surface area contributed by atoms with Crippen molar-refractivity contribution in [3.05, 3.63) is 29.3 Å². The Kier molecular flexibility index (Phi) is 4.80. The van der Waals surface area contributed by atoms with Crippen LogP contribution in [0.4, 0.5) is 0 Å². The zero-order valence-electron chi connectivity index (χ0n) is 11.4. The molecular weight excluding hydrogens is 240 g/mol. The molecule has 1 aromatic carbocycles. The maximum atomic E-state index is 11.9. The van der Waals surface area contributed by atoms with Crippen molar-refractivity contribution in [2.24, 2.45) is 5.92 Å². The number of amides is 1. The summed E-state index contributed by atoms with van der Waals surface area (Å²) in [7, 11) is 0. The zero-order valence-corrected chi connectivity index (χ0v) is 11.4. The molecule has 1 heterocycles. The van der Waals surface area contributed by atoms with Crippen LogP contribution in [0.5, 0.6) is 5.75 Å². The van der Waals surface area contributed by atoms with Crippen molar-refractivity contribution in [2.45, 2.75) is 26.2 Å². The summed E-state index contributed by atoms with van der Waals surface area (Å²) in [6.45, 7) is 4.69. The molecule has 1 aromatic rings. The Balaban J connectivity index is 1.78. The molecule has 1 aliphatic heterocycles. The van der Waals surface area contributed by atoms with E-state index in [9.17, 15) is 9.90 Å². The van der Waals surface area contributed by atoms with Gasteiger partial charge in [-0.1, -0.05) is 0 Å². The quantitative estimate of drug-likeness (QED) is 0.775. The van der Waals surface area contributed by atoms with Crippen LogP contribution in [0, 0.1) is 12.8 Å². The number of nitrogens with one attached hydrogen (secondary N) is 2. The molecular formula is C15H22N2O2. The molecule has 1 amide bonds. The molecule has 1 aliphatic rings. The third kappa shape index (κ3) is 3.96. The van der Waals surface area contributed by atoms with Crippen LogP contribution in [0.25, 0.3) is 0 Å².